The van der Waals surface area contributed by atoms with Crippen LogP contribution in [0.2, 0.25) is 5.02 Å². The molecule has 0 aliphatic heterocycles. The number of amides is 1. The van der Waals surface area contributed by atoms with Gasteiger partial charge in [0, 0.05) is 16.3 Å². The van der Waals surface area contributed by atoms with Crippen LogP contribution in [0.25, 0.3) is 0 Å². The number of carbonyl (C=O) groups excluding carboxylic acids is 2. The van der Waals surface area contributed by atoms with Gasteiger partial charge >= 0.3 is 5.97 Å². The molecule has 1 aliphatic rings. The predicted molar refractivity (Wildman–Crippen MR) is 124 cm³/mol. The molecular formula is C24H30ClNO3S. The molecule has 1 aromatic carbocycles. The Morgan fingerprint density at radius 3 is 2.57 bits per heavy atom. The quantitative estimate of drug-likeness (QED) is 0.528. The van der Waals surface area contributed by atoms with Gasteiger partial charge in [-0.1, -0.05) is 44.5 Å². The molecule has 0 fully saturated rings. The molecule has 162 valence electrons. The zero-order valence-electron chi connectivity index (χ0n) is 18.1. The topological polar surface area (TPSA) is 55.4 Å². The van der Waals surface area contributed by atoms with Crippen LogP contribution < -0.4 is 5.32 Å². The summed E-state index contributed by atoms with van der Waals surface area (Å²) in [5.74, 6) is 0.130. The normalized spacial score (nSPS) is 16.1. The first-order chi connectivity index (χ1) is 14.2. The number of benzene rings is 1. The number of thiophene rings is 1. The van der Waals surface area contributed by atoms with Crippen molar-refractivity contribution in [2.45, 2.75) is 59.8 Å². The number of halogens is 1. The van der Waals surface area contributed by atoms with Gasteiger partial charge in [0.1, 0.15) is 5.00 Å². The van der Waals surface area contributed by atoms with Crippen molar-refractivity contribution in [3.05, 3.63) is 50.9 Å². The van der Waals surface area contributed by atoms with Crippen LogP contribution in [-0.2, 0) is 28.8 Å². The second-order valence-electron chi connectivity index (χ2n) is 8.91. The summed E-state index contributed by atoms with van der Waals surface area (Å²) in [4.78, 5) is 26.5. The van der Waals surface area contributed by atoms with Crippen LogP contribution in [0.5, 0.6) is 0 Å². The number of hydrogen-bond donors (Lipinski definition) is 1. The molecule has 4 nitrogen and oxygen atoms in total. The van der Waals surface area contributed by atoms with Crippen LogP contribution >= 0.6 is 22.9 Å². The summed E-state index contributed by atoms with van der Waals surface area (Å²) in [6.07, 6.45) is 3.80. The van der Waals surface area contributed by atoms with Crippen LogP contribution in [0.3, 0.4) is 0 Å². The second-order valence-corrected chi connectivity index (χ2v) is 10.5. The van der Waals surface area contributed by atoms with E-state index in [4.69, 9.17) is 16.3 Å². The number of nitrogens with one attached hydrogen (secondary N) is 1. The van der Waals surface area contributed by atoms with Crippen molar-refractivity contribution in [2.75, 3.05) is 11.9 Å². The van der Waals surface area contributed by atoms with Crippen LogP contribution in [0.15, 0.2) is 24.3 Å². The van der Waals surface area contributed by atoms with Gasteiger partial charge in [-0.15, -0.1) is 11.3 Å². The predicted octanol–water partition coefficient (Wildman–Crippen LogP) is 6.30. The van der Waals surface area contributed by atoms with Crippen molar-refractivity contribution in [3.63, 3.8) is 0 Å². The summed E-state index contributed by atoms with van der Waals surface area (Å²) < 4.78 is 5.31. The molecule has 1 aliphatic carbocycles. The van der Waals surface area contributed by atoms with Crippen LogP contribution in [0, 0.1) is 11.3 Å². The van der Waals surface area contributed by atoms with Gasteiger partial charge in [0.2, 0.25) is 5.91 Å². The maximum absolute atomic E-state index is 12.7. The Labute approximate surface area is 188 Å². The minimum absolute atomic E-state index is 0.0959. The lowest BCUT2D eigenvalue weighted by Crippen LogP contribution is -2.26. The molecular weight excluding hydrogens is 418 g/mol. The molecule has 1 heterocycles. The summed E-state index contributed by atoms with van der Waals surface area (Å²) in [7, 11) is 0. The molecule has 2 aromatic rings. The molecule has 3 rings (SSSR count). The number of carbonyl (C=O) groups is 2. The van der Waals surface area contributed by atoms with E-state index in [1.54, 1.807) is 6.92 Å². The Balaban J connectivity index is 1.77. The van der Waals surface area contributed by atoms with E-state index in [0.717, 1.165) is 30.4 Å². The van der Waals surface area contributed by atoms with Gasteiger partial charge in [-0.25, -0.2) is 4.79 Å². The van der Waals surface area contributed by atoms with Gasteiger partial charge in [-0.3, -0.25) is 4.79 Å². The molecule has 1 N–H and O–H groups in total. The summed E-state index contributed by atoms with van der Waals surface area (Å²) >= 11 is 7.46. The standard InChI is InChI=1S/C24H30ClNO3S/c1-5-29-23(28)21-18-12-9-16(24(2,3)4)14-19(18)30-22(21)26-20(27)13-8-15-6-10-17(25)11-7-15/h6-7,10-11,16H,5,8-9,12-14H2,1-4H3,(H,26,27). The van der Waals surface area contributed by atoms with E-state index in [2.05, 4.69) is 26.1 Å². The molecule has 1 unspecified atom stereocenters. The molecule has 0 saturated heterocycles. The fourth-order valence-electron chi connectivity index (χ4n) is 3.93. The Morgan fingerprint density at radius 2 is 1.93 bits per heavy atom. The maximum Gasteiger partial charge on any atom is 0.341 e. The number of esters is 1. The van der Waals surface area contributed by atoms with Crippen molar-refractivity contribution in [2.24, 2.45) is 11.3 Å². The summed E-state index contributed by atoms with van der Waals surface area (Å²) in [5, 5.41) is 4.31. The van der Waals surface area contributed by atoms with E-state index in [1.165, 1.54) is 16.2 Å². The van der Waals surface area contributed by atoms with Crippen molar-refractivity contribution < 1.29 is 14.3 Å². The number of anilines is 1. The van der Waals surface area contributed by atoms with E-state index >= 15 is 0 Å². The SMILES string of the molecule is CCOC(=O)c1c(NC(=O)CCc2ccc(Cl)cc2)sc2c1CCC(C(C)(C)C)C2. The number of ether oxygens (including phenoxy) is 1. The average Bonchev–Trinajstić information content (AvgIpc) is 3.04. The number of aryl methyl sites for hydroxylation is 1. The molecule has 6 heteroatoms. The van der Waals surface area contributed by atoms with Crippen LogP contribution in [0.4, 0.5) is 5.00 Å². The van der Waals surface area contributed by atoms with Gasteiger partial charge < -0.3 is 10.1 Å². The van der Waals surface area contributed by atoms with Gasteiger partial charge in [0.05, 0.1) is 12.2 Å². The van der Waals surface area contributed by atoms with E-state index < -0.39 is 0 Å². The highest BCUT2D eigenvalue weighted by Gasteiger charge is 2.34. The third kappa shape index (κ3) is 5.44. The number of rotatable bonds is 6. The minimum Gasteiger partial charge on any atom is -0.462 e. The smallest absolute Gasteiger partial charge is 0.341 e. The van der Waals surface area contributed by atoms with E-state index in [-0.39, 0.29) is 17.3 Å². The lowest BCUT2D eigenvalue weighted by molar-refractivity contribution is -0.116. The highest BCUT2D eigenvalue weighted by molar-refractivity contribution is 7.17. The Hall–Kier alpha value is -1.85. The average molecular weight is 448 g/mol. The van der Waals surface area contributed by atoms with Crippen molar-refractivity contribution in [3.8, 4) is 0 Å². The van der Waals surface area contributed by atoms with E-state index in [0.29, 0.717) is 41.0 Å². The Kier molecular flexibility index (Phi) is 7.25. The highest BCUT2D eigenvalue weighted by atomic mass is 35.5. The molecule has 0 saturated carbocycles. The molecule has 1 atom stereocenters. The lowest BCUT2D eigenvalue weighted by Gasteiger charge is -2.33. The van der Waals surface area contributed by atoms with Gasteiger partial charge in [0.25, 0.3) is 0 Å². The molecule has 0 radical (unpaired) electrons. The molecule has 1 amide bonds. The fourth-order valence-corrected chi connectivity index (χ4v) is 5.39. The summed E-state index contributed by atoms with van der Waals surface area (Å²) in [6, 6.07) is 7.51. The monoisotopic (exact) mass is 447 g/mol. The zero-order valence-corrected chi connectivity index (χ0v) is 19.7. The first-order valence-corrected chi connectivity index (χ1v) is 11.7. The summed E-state index contributed by atoms with van der Waals surface area (Å²) in [5.41, 5.74) is 2.89. The molecule has 30 heavy (non-hydrogen) atoms. The molecule has 1 aromatic heterocycles. The minimum atomic E-state index is -0.336. The molecule has 0 spiro atoms. The Morgan fingerprint density at radius 1 is 1.23 bits per heavy atom. The van der Waals surface area contributed by atoms with Gasteiger partial charge in [0.15, 0.2) is 0 Å². The maximum atomic E-state index is 12.7. The van der Waals surface area contributed by atoms with Crippen molar-refractivity contribution in [1.82, 2.24) is 0 Å². The van der Waals surface area contributed by atoms with Crippen LogP contribution in [0.1, 0.15) is 66.9 Å². The van der Waals surface area contributed by atoms with E-state index in [1.807, 2.05) is 24.3 Å². The van der Waals surface area contributed by atoms with Crippen LogP contribution in [-0.4, -0.2) is 18.5 Å². The number of hydrogen-bond acceptors (Lipinski definition) is 4. The van der Waals surface area contributed by atoms with Gasteiger partial charge in [-0.2, -0.15) is 0 Å². The first-order valence-electron chi connectivity index (χ1n) is 10.5. The zero-order chi connectivity index (χ0) is 21.9. The first kappa shape index (κ1) is 22.8. The van der Waals surface area contributed by atoms with Crippen molar-refractivity contribution >= 4 is 39.8 Å². The third-order valence-electron chi connectivity index (χ3n) is 5.78. The molecule has 0 bridgehead atoms. The lowest BCUT2D eigenvalue weighted by atomic mass is 9.72. The number of fused-ring (bicyclic) bond motifs is 1. The highest BCUT2D eigenvalue weighted by Crippen LogP contribution is 2.44. The van der Waals surface area contributed by atoms with E-state index in [9.17, 15) is 9.59 Å². The second kappa shape index (κ2) is 9.52. The Bertz CT molecular complexity index is 912. The largest absolute Gasteiger partial charge is 0.462 e. The fraction of sp³-hybridized carbons (Fsp3) is 0.500. The third-order valence-corrected chi connectivity index (χ3v) is 7.20. The van der Waals surface area contributed by atoms with Gasteiger partial charge in [-0.05, 0) is 67.2 Å². The summed E-state index contributed by atoms with van der Waals surface area (Å²) in [6.45, 7) is 8.92. The van der Waals surface area contributed by atoms with Crippen molar-refractivity contribution in [1.29, 1.82) is 0 Å².